The molecule has 1 unspecified atom stereocenters. The van der Waals surface area contributed by atoms with E-state index in [0.29, 0.717) is 0 Å². The SMILES string of the molecule is CCCC(C)(N)C(=O)N1CCC(Oc2ccccc2)CC1. The Morgan fingerprint density at radius 3 is 2.52 bits per heavy atom. The topological polar surface area (TPSA) is 55.6 Å². The summed E-state index contributed by atoms with van der Waals surface area (Å²) >= 11 is 0. The van der Waals surface area contributed by atoms with Crippen molar-refractivity contribution < 1.29 is 9.53 Å². The minimum atomic E-state index is -0.734. The molecule has 1 aliphatic rings. The van der Waals surface area contributed by atoms with E-state index >= 15 is 0 Å². The normalized spacial score (nSPS) is 19.1. The second-order valence-electron chi connectivity index (χ2n) is 6.09. The molecule has 0 aliphatic carbocycles. The average molecular weight is 290 g/mol. The maximum atomic E-state index is 12.4. The van der Waals surface area contributed by atoms with E-state index in [9.17, 15) is 4.79 Å². The van der Waals surface area contributed by atoms with Gasteiger partial charge in [0.15, 0.2) is 0 Å². The van der Waals surface area contributed by atoms with Crippen LogP contribution in [0.5, 0.6) is 5.75 Å². The summed E-state index contributed by atoms with van der Waals surface area (Å²) in [6.45, 7) is 5.35. The Labute approximate surface area is 127 Å². The largest absolute Gasteiger partial charge is 0.490 e. The van der Waals surface area contributed by atoms with E-state index in [1.165, 1.54) is 0 Å². The summed E-state index contributed by atoms with van der Waals surface area (Å²) in [7, 11) is 0. The molecule has 2 N–H and O–H groups in total. The van der Waals surface area contributed by atoms with Crippen LogP contribution in [0.3, 0.4) is 0 Å². The fourth-order valence-corrected chi connectivity index (χ4v) is 2.86. The summed E-state index contributed by atoms with van der Waals surface area (Å²) in [5.74, 6) is 0.972. The highest BCUT2D eigenvalue weighted by Gasteiger charge is 2.34. The monoisotopic (exact) mass is 290 g/mol. The number of rotatable bonds is 5. The molecule has 1 fully saturated rings. The lowest BCUT2D eigenvalue weighted by Crippen LogP contribution is -2.55. The maximum absolute atomic E-state index is 12.4. The second-order valence-corrected chi connectivity index (χ2v) is 6.09. The lowest BCUT2D eigenvalue weighted by Gasteiger charge is -2.36. The molecule has 0 radical (unpaired) electrons. The number of carbonyl (C=O) groups is 1. The molecule has 0 saturated carbocycles. The summed E-state index contributed by atoms with van der Waals surface area (Å²) < 4.78 is 5.95. The number of ether oxygens (including phenoxy) is 1. The molecule has 1 aromatic carbocycles. The molecule has 1 amide bonds. The predicted octanol–water partition coefficient (Wildman–Crippen LogP) is 2.57. The zero-order chi connectivity index (χ0) is 15.3. The number of likely N-dealkylation sites (tertiary alicyclic amines) is 1. The van der Waals surface area contributed by atoms with Crippen LogP contribution in [0.4, 0.5) is 0 Å². The molecular formula is C17H26N2O2. The highest BCUT2D eigenvalue weighted by atomic mass is 16.5. The van der Waals surface area contributed by atoms with Crippen LogP contribution >= 0.6 is 0 Å². The molecule has 1 saturated heterocycles. The Hall–Kier alpha value is -1.55. The zero-order valence-corrected chi connectivity index (χ0v) is 13.0. The van der Waals surface area contributed by atoms with Crippen molar-refractivity contribution in [3.05, 3.63) is 30.3 Å². The van der Waals surface area contributed by atoms with Crippen LogP contribution in [0, 0.1) is 0 Å². The standard InChI is InChI=1S/C17H26N2O2/c1-3-11-17(2,18)16(20)19-12-9-15(10-13-19)21-14-7-5-4-6-8-14/h4-8,15H,3,9-13,18H2,1-2H3. The van der Waals surface area contributed by atoms with Gasteiger partial charge in [-0.05, 0) is 25.5 Å². The van der Waals surface area contributed by atoms with Crippen molar-refractivity contribution >= 4 is 5.91 Å². The van der Waals surface area contributed by atoms with Gasteiger partial charge in [-0.2, -0.15) is 0 Å². The third-order valence-electron chi connectivity index (χ3n) is 4.03. The van der Waals surface area contributed by atoms with Gasteiger partial charge in [-0.1, -0.05) is 31.5 Å². The first-order valence-electron chi connectivity index (χ1n) is 7.83. The Bertz CT molecular complexity index is 451. The number of para-hydroxylation sites is 1. The van der Waals surface area contributed by atoms with E-state index in [1.807, 2.05) is 42.2 Å². The van der Waals surface area contributed by atoms with Crippen LogP contribution in [-0.2, 0) is 4.79 Å². The Balaban J connectivity index is 1.84. The Morgan fingerprint density at radius 1 is 1.33 bits per heavy atom. The van der Waals surface area contributed by atoms with Crippen molar-refractivity contribution in [2.24, 2.45) is 5.73 Å². The molecule has 1 atom stereocenters. The Kier molecular flexibility index (Phi) is 5.23. The van der Waals surface area contributed by atoms with Crippen molar-refractivity contribution in [3.63, 3.8) is 0 Å². The van der Waals surface area contributed by atoms with Crippen LogP contribution in [0.2, 0.25) is 0 Å². The van der Waals surface area contributed by atoms with E-state index in [2.05, 4.69) is 6.92 Å². The molecule has 0 spiro atoms. The fourth-order valence-electron chi connectivity index (χ4n) is 2.86. The number of hydrogen-bond acceptors (Lipinski definition) is 3. The lowest BCUT2D eigenvalue weighted by molar-refractivity contribution is -0.138. The highest BCUT2D eigenvalue weighted by molar-refractivity contribution is 5.85. The van der Waals surface area contributed by atoms with Crippen LogP contribution in [0.15, 0.2) is 30.3 Å². The fraction of sp³-hybridized carbons (Fsp3) is 0.588. The first-order valence-corrected chi connectivity index (χ1v) is 7.83. The van der Waals surface area contributed by atoms with E-state index in [0.717, 1.165) is 44.5 Å². The Morgan fingerprint density at radius 2 is 1.95 bits per heavy atom. The average Bonchev–Trinajstić information content (AvgIpc) is 2.48. The molecule has 1 heterocycles. The molecule has 21 heavy (non-hydrogen) atoms. The third kappa shape index (κ3) is 4.21. The third-order valence-corrected chi connectivity index (χ3v) is 4.03. The number of benzene rings is 1. The minimum absolute atomic E-state index is 0.0718. The predicted molar refractivity (Wildman–Crippen MR) is 84.2 cm³/mol. The maximum Gasteiger partial charge on any atom is 0.242 e. The smallest absolute Gasteiger partial charge is 0.242 e. The number of amides is 1. The first-order chi connectivity index (χ1) is 10.0. The van der Waals surface area contributed by atoms with Gasteiger partial charge in [-0.15, -0.1) is 0 Å². The van der Waals surface area contributed by atoms with Crippen LogP contribution < -0.4 is 10.5 Å². The molecule has 2 rings (SSSR count). The summed E-state index contributed by atoms with van der Waals surface area (Å²) in [5, 5.41) is 0. The van der Waals surface area contributed by atoms with E-state index in [1.54, 1.807) is 0 Å². The van der Waals surface area contributed by atoms with Crippen molar-refractivity contribution in [2.45, 2.75) is 51.2 Å². The number of piperidine rings is 1. The summed E-state index contributed by atoms with van der Waals surface area (Å²) in [5.41, 5.74) is 5.40. The number of nitrogens with zero attached hydrogens (tertiary/aromatic N) is 1. The van der Waals surface area contributed by atoms with Crippen LogP contribution in [0.25, 0.3) is 0 Å². The zero-order valence-electron chi connectivity index (χ0n) is 13.0. The molecule has 4 nitrogen and oxygen atoms in total. The van der Waals surface area contributed by atoms with Gasteiger partial charge in [-0.3, -0.25) is 4.79 Å². The van der Waals surface area contributed by atoms with E-state index in [-0.39, 0.29) is 12.0 Å². The van der Waals surface area contributed by atoms with Crippen LogP contribution in [0.1, 0.15) is 39.5 Å². The number of carbonyl (C=O) groups excluding carboxylic acids is 1. The molecule has 0 bridgehead atoms. The number of hydrogen-bond donors (Lipinski definition) is 1. The van der Waals surface area contributed by atoms with Crippen molar-refractivity contribution in [1.82, 2.24) is 4.90 Å². The summed E-state index contributed by atoms with van der Waals surface area (Å²) in [4.78, 5) is 14.3. The van der Waals surface area contributed by atoms with Gasteiger partial charge in [0, 0.05) is 25.9 Å². The van der Waals surface area contributed by atoms with Gasteiger partial charge >= 0.3 is 0 Å². The number of nitrogens with two attached hydrogens (primary N) is 1. The molecule has 116 valence electrons. The van der Waals surface area contributed by atoms with Gasteiger partial charge < -0.3 is 15.4 Å². The van der Waals surface area contributed by atoms with Crippen molar-refractivity contribution in [3.8, 4) is 5.75 Å². The highest BCUT2D eigenvalue weighted by Crippen LogP contribution is 2.21. The molecule has 0 aromatic heterocycles. The minimum Gasteiger partial charge on any atom is -0.490 e. The lowest BCUT2D eigenvalue weighted by atomic mass is 9.94. The van der Waals surface area contributed by atoms with Gasteiger partial charge in [0.05, 0.1) is 5.54 Å². The van der Waals surface area contributed by atoms with E-state index in [4.69, 9.17) is 10.5 Å². The van der Waals surface area contributed by atoms with Gasteiger partial charge in [0.2, 0.25) is 5.91 Å². The van der Waals surface area contributed by atoms with Gasteiger partial charge in [-0.25, -0.2) is 0 Å². The second kappa shape index (κ2) is 6.94. The molecular weight excluding hydrogens is 264 g/mol. The van der Waals surface area contributed by atoms with Gasteiger partial charge in [0.25, 0.3) is 0 Å². The molecule has 1 aliphatic heterocycles. The van der Waals surface area contributed by atoms with Crippen molar-refractivity contribution in [1.29, 1.82) is 0 Å². The quantitative estimate of drug-likeness (QED) is 0.907. The molecule has 1 aromatic rings. The first kappa shape index (κ1) is 15.8. The summed E-state index contributed by atoms with van der Waals surface area (Å²) in [6.07, 6.45) is 3.57. The van der Waals surface area contributed by atoms with Gasteiger partial charge in [0.1, 0.15) is 11.9 Å². The van der Waals surface area contributed by atoms with Crippen molar-refractivity contribution in [2.75, 3.05) is 13.1 Å². The molecule has 4 heteroatoms. The van der Waals surface area contributed by atoms with E-state index < -0.39 is 5.54 Å². The van der Waals surface area contributed by atoms with Crippen LogP contribution in [-0.4, -0.2) is 35.5 Å². The summed E-state index contributed by atoms with van der Waals surface area (Å²) in [6, 6.07) is 9.85.